The van der Waals surface area contributed by atoms with Gasteiger partial charge in [0.1, 0.15) is 11.6 Å². The Labute approximate surface area is 129 Å². The summed E-state index contributed by atoms with van der Waals surface area (Å²) in [4.78, 5) is 26.0. The number of aliphatic imine (C=N–C) groups is 1. The number of rotatable bonds is 5. The zero-order chi connectivity index (χ0) is 15.9. The average Bonchev–Trinajstić information content (AvgIpc) is 2.51. The summed E-state index contributed by atoms with van der Waals surface area (Å²) in [7, 11) is 0. The number of carbonyl (C=O) groups is 1. The minimum Gasteiger partial charge on any atom is -0.323 e. The van der Waals surface area contributed by atoms with Crippen LogP contribution in [0.3, 0.4) is 0 Å². The summed E-state index contributed by atoms with van der Waals surface area (Å²) in [6.45, 7) is 0. The van der Waals surface area contributed by atoms with Crippen LogP contribution in [0, 0.1) is 11.6 Å². The molecule has 0 aliphatic rings. The van der Waals surface area contributed by atoms with E-state index in [4.69, 9.17) is 0 Å². The minimum atomic E-state index is -0.698. The molecule has 2 rings (SSSR count). The Balaban J connectivity index is 1.92. The van der Waals surface area contributed by atoms with Crippen LogP contribution in [0.25, 0.3) is 0 Å². The molecule has 0 bridgehead atoms. The molecule has 22 heavy (non-hydrogen) atoms. The van der Waals surface area contributed by atoms with Crippen LogP contribution >= 0.6 is 11.8 Å². The minimum absolute atomic E-state index is 0.0340. The van der Waals surface area contributed by atoms with Gasteiger partial charge < -0.3 is 5.32 Å². The van der Waals surface area contributed by atoms with Crippen LogP contribution in [-0.4, -0.2) is 17.7 Å². The van der Waals surface area contributed by atoms with Crippen LogP contribution in [0.15, 0.2) is 52.4 Å². The van der Waals surface area contributed by atoms with Crippen LogP contribution in [0.2, 0.25) is 0 Å². The monoisotopic (exact) mass is 320 g/mol. The van der Waals surface area contributed by atoms with Crippen molar-refractivity contribution in [2.45, 2.75) is 4.90 Å². The first kappa shape index (κ1) is 15.9. The van der Waals surface area contributed by atoms with Crippen molar-refractivity contribution < 1.29 is 18.4 Å². The van der Waals surface area contributed by atoms with E-state index in [-0.39, 0.29) is 11.4 Å². The van der Waals surface area contributed by atoms with Crippen LogP contribution in [0.4, 0.5) is 20.2 Å². The van der Waals surface area contributed by atoms with Crippen LogP contribution < -0.4 is 5.32 Å². The van der Waals surface area contributed by atoms with Crippen molar-refractivity contribution >= 4 is 35.1 Å². The smallest absolute Gasteiger partial charge is 0.240 e. The summed E-state index contributed by atoms with van der Waals surface area (Å²) < 4.78 is 26.4. The molecule has 7 heteroatoms. The van der Waals surface area contributed by atoms with E-state index in [1.807, 2.05) is 0 Å². The number of nitrogens with one attached hydrogen (secondary N) is 1. The number of thioether (sulfide) groups is 1. The summed E-state index contributed by atoms with van der Waals surface area (Å²) in [5.74, 6) is -1.75. The van der Waals surface area contributed by atoms with Gasteiger partial charge in [0, 0.05) is 11.0 Å². The number of hydrogen-bond donors (Lipinski definition) is 1. The van der Waals surface area contributed by atoms with Crippen molar-refractivity contribution in [3.63, 3.8) is 0 Å². The molecule has 0 saturated carbocycles. The lowest BCUT2D eigenvalue weighted by molar-refractivity contribution is -0.113. The van der Waals surface area contributed by atoms with E-state index in [0.717, 1.165) is 23.1 Å². The summed E-state index contributed by atoms with van der Waals surface area (Å²) in [6.07, 6.45) is 1.43. The maximum Gasteiger partial charge on any atom is 0.240 e. The summed E-state index contributed by atoms with van der Waals surface area (Å²) in [5.41, 5.74) is 0.270. The lowest BCUT2D eigenvalue weighted by Crippen LogP contribution is -2.15. The number of halogens is 2. The molecule has 4 nitrogen and oxygen atoms in total. The predicted molar refractivity (Wildman–Crippen MR) is 79.9 cm³/mol. The van der Waals surface area contributed by atoms with E-state index in [2.05, 4.69) is 10.3 Å². The quantitative estimate of drug-likeness (QED) is 0.519. The Hall–Kier alpha value is -2.50. The van der Waals surface area contributed by atoms with Gasteiger partial charge in [0.25, 0.3) is 0 Å². The molecule has 1 amide bonds. The van der Waals surface area contributed by atoms with Gasteiger partial charge >= 0.3 is 0 Å². The van der Waals surface area contributed by atoms with Gasteiger partial charge in [-0.2, -0.15) is 4.99 Å². The van der Waals surface area contributed by atoms with Gasteiger partial charge in [0.15, 0.2) is 0 Å². The maximum absolute atomic E-state index is 13.4. The highest BCUT2D eigenvalue weighted by Gasteiger charge is 2.08. The molecule has 0 aromatic heterocycles. The molecule has 0 unspecified atom stereocenters. The van der Waals surface area contributed by atoms with E-state index in [1.54, 1.807) is 24.3 Å². The molecule has 0 radical (unpaired) electrons. The SMILES string of the molecule is O=C=Nc1ccc(SCC(=O)Nc2cc(F)ccc2F)cc1. The molecule has 0 spiro atoms. The van der Waals surface area contributed by atoms with Crippen LogP contribution in [0.1, 0.15) is 0 Å². The highest BCUT2D eigenvalue weighted by Crippen LogP contribution is 2.22. The van der Waals surface area contributed by atoms with Crippen LogP contribution in [-0.2, 0) is 9.59 Å². The van der Waals surface area contributed by atoms with Gasteiger partial charge in [0.05, 0.1) is 17.1 Å². The van der Waals surface area contributed by atoms with E-state index < -0.39 is 17.5 Å². The molecule has 2 aromatic carbocycles. The molecule has 2 aromatic rings. The Bertz CT molecular complexity index is 729. The standard InChI is InChI=1S/C15H10F2N2O2S/c16-10-1-6-13(17)14(7-10)19-15(21)8-22-12-4-2-11(3-5-12)18-9-20/h1-7H,8H2,(H,19,21). The fourth-order valence-corrected chi connectivity index (χ4v) is 2.30. The van der Waals surface area contributed by atoms with Crippen molar-refractivity contribution in [3.8, 4) is 0 Å². The van der Waals surface area contributed by atoms with Crippen molar-refractivity contribution in [1.82, 2.24) is 0 Å². The third-order valence-electron chi connectivity index (χ3n) is 2.58. The molecular formula is C15H10F2N2O2S. The zero-order valence-corrected chi connectivity index (χ0v) is 12.0. The molecule has 0 heterocycles. The number of benzene rings is 2. The highest BCUT2D eigenvalue weighted by atomic mass is 32.2. The second kappa shape index (κ2) is 7.49. The highest BCUT2D eigenvalue weighted by molar-refractivity contribution is 8.00. The zero-order valence-electron chi connectivity index (χ0n) is 11.2. The first-order chi connectivity index (χ1) is 10.6. The van der Waals surface area contributed by atoms with Crippen LogP contribution in [0.5, 0.6) is 0 Å². The van der Waals surface area contributed by atoms with Crippen molar-refractivity contribution in [1.29, 1.82) is 0 Å². The van der Waals surface area contributed by atoms with Gasteiger partial charge in [-0.3, -0.25) is 4.79 Å². The largest absolute Gasteiger partial charge is 0.323 e. The lowest BCUT2D eigenvalue weighted by atomic mass is 10.3. The summed E-state index contributed by atoms with van der Waals surface area (Å²) in [5, 5.41) is 2.31. The van der Waals surface area contributed by atoms with E-state index in [1.165, 1.54) is 17.8 Å². The molecular weight excluding hydrogens is 310 g/mol. The fourth-order valence-electron chi connectivity index (χ4n) is 1.60. The van der Waals surface area contributed by atoms with Gasteiger partial charge in [-0.05, 0) is 36.4 Å². The predicted octanol–water partition coefficient (Wildman–Crippen LogP) is 3.66. The molecule has 0 fully saturated rings. The first-order valence-electron chi connectivity index (χ1n) is 6.14. The second-order valence-electron chi connectivity index (χ2n) is 4.16. The summed E-state index contributed by atoms with van der Waals surface area (Å²) >= 11 is 1.22. The van der Waals surface area contributed by atoms with Crippen molar-refractivity contribution in [3.05, 3.63) is 54.1 Å². The fraction of sp³-hybridized carbons (Fsp3) is 0.0667. The molecule has 0 atom stereocenters. The number of isocyanates is 1. The van der Waals surface area contributed by atoms with Gasteiger partial charge in [-0.1, -0.05) is 0 Å². The Morgan fingerprint density at radius 2 is 1.91 bits per heavy atom. The maximum atomic E-state index is 13.4. The summed E-state index contributed by atoms with van der Waals surface area (Å²) in [6, 6.07) is 9.44. The Morgan fingerprint density at radius 3 is 2.59 bits per heavy atom. The number of nitrogens with zero attached hydrogens (tertiary/aromatic N) is 1. The number of amides is 1. The topological polar surface area (TPSA) is 58.5 Å². The first-order valence-corrected chi connectivity index (χ1v) is 7.12. The number of hydrogen-bond acceptors (Lipinski definition) is 4. The third-order valence-corrected chi connectivity index (χ3v) is 3.60. The number of anilines is 1. The Morgan fingerprint density at radius 1 is 1.18 bits per heavy atom. The van der Waals surface area contributed by atoms with Gasteiger partial charge in [0.2, 0.25) is 12.0 Å². The molecule has 0 saturated heterocycles. The van der Waals surface area contributed by atoms with Gasteiger partial charge in [-0.25, -0.2) is 13.6 Å². The molecule has 112 valence electrons. The normalized spacial score (nSPS) is 9.91. The van der Waals surface area contributed by atoms with Crippen molar-refractivity contribution in [2.24, 2.45) is 4.99 Å². The Kier molecular flexibility index (Phi) is 5.41. The van der Waals surface area contributed by atoms with E-state index in [9.17, 15) is 18.4 Å². The van der Waals surface area contributed by atoms with E-state index >= 15 is 0 Å². The number of carbonyl (C=O) groups excluding carboxylic acids is 2. The van der Waals surface area contributed by atoms with E-state index in [0.29, 0.717) is 5.69 Å². The van der Waals surface area contributed by atoms with Crippen molar-refractivity contribution in [2.75, 3.05) is 11.1 Å². The average molecular weight is 320 g/mol. The third kappa shape index (κ3) is 4.51. The lowest BCUT2D eigenvalue weighted by Gasteiger charge is -2.06. The molecule has 0 aliphatic carbocycles. The van der Waals surface area contributed by atoms with Gasteiger partial charge in [-0.15, -0.1) is 11.8 Å². The molecule has 0 aliphatic heterocycles. The second-order valence-corrected chi connectivity index (χ2v) is 5.21. The molecule has 1 N–H and O–H groups in total.